The van der Waals surface area contributed by atoms with Gasteiger partial charge >= 0.3 is 0 Å². The van der Waals surface area contributed by atoms with E-state index in [1.165, 1.54) is 0 Å². The summed E-state index contributed by atoms with van der Waals surface area (Å²) in [7, 11) is 0. The molecule has 0 saturated carbocycles. The van der Waals surface area contributed by atoms with E-state index in [-0.39, 0.29) is 28.8 Å². The molecule has 3 atom stereocenters. The number of hydrogen-bond acceptors (Lipinski definition) is 4. The molecule has 124 valence electrons. The number of thioether (sulfide) groups is 2. The molecule has 2 fully saturated rings. The average Bonchev–Trinajstić information content (AvgIpc) is 2.87. The summed E-state index contributed by atoms with van der Waals surface area (Å²) in [4.78, 5) is 26.5. The van der Waals surface area contributed by atoms with E-state index in [2.05, 4.69) is 12.2 Å². The largest absolute Gasteiger partial charge is 0.348 e. The Morgan fingerprint density at radius 2 is 2.13 bits per heavy atom. The van der Waals surface area contributed by atoms with Gasteiger partial charge in [-0.3, -0.25) is 9.59 Å². The average molecular weight is 371 g/mol. The zero-order valence-corrected chi connectivity index (χ0v) is 15.4. The first-order chi connectivity index (χ1) is 10.9. The molecule has 2 aliphatic heterocycles. The van der Waals surface area contributed by atoms with Gasteiger partial charge in [0, 0.05) is 16.5 Å². The number of hydrogen-bond donors (Lipinski definition) is 1. The zero-order valence-electron chi connectivity index (χ0n) is 13.0. The second-order valence-electron chi connectivity index (χ2n) is 6.04. The first kappa shape index (κ1) is 17.0. The Morgan fingerprint density at radius 1 is 1.43 bits per heavy atom. The van der Waals surface area contributed by atoms with Crippen LogP contribution in [0.3, 0.4) is 0 Å². The lowest BCUT2D eigenvalue weighted by molar-refractivity contribution is -0.140. The molecule has 7 heteroatoms. The van der Waals surface area contributed by atoms with Crippen LogP contribution in [-0.2, 0) is 9.59 Å². The molecule has 0 radical (unpaired) electrons. The van der Waals surface area contributed by atoms with Crippen LogP contribution >= 0.6 is 35.1 Å². The third kappa shape index (κ3) is 3.35. The number of halogens is 1. The number of nitrogens with one attached hydrogen (secondary N) is 1. The zero-order chi connectivity index (χ0) is 16.6. The van der Waals surface area contributed by atoms with Crippen molar-refractivity contribution in [2.24, 2.45) is 0 Å². The highest BCUT2D eigenvalue weighted by Gasteiger charge is 2.51. The highest BCUT2D eigenvalue weighted by Crippen LogP contribution is 2.44. The van der Waals surface area contributed by atoms with Crippen LogP contribution in [-0.4, -0.2) is 44.9 Å². The van der Waals surface area contributed by atoms with Crippen LogP contribution in [0.1, 0.15) is 25.5 Å². The molecule has 2 heterocycles. The summed E-state index contributed by atoms with van der Waals surface area (Å²) >= 11 is 9.24. The summed E-state index contributed by atoms with van der Waals surface area (Å²) in [6.07, 6.45) is 0. The molecular weight excluding hydrogens is 352 g/mol. The maximum atomic E-state index is 12.7. The van der Waals surface area contributed by atoms with Crippen molar-refractivity contribution in [3.8, 4) is 0 Å². The first-order valence-corrected chi connectivity index (χ1v) is 10.0. The van der Waals surface area contributed by atoms with Gasteiger partial charge in [-0.05, 0) is 31.5 Å². The Labute approximate surface area is 149 Å². The lowest BCUT2D eigenvalue weighted by Crippen LogP contribution is -2.57. The lowest BCUT2D eigenvalue weighted by Gasteiger charge is -2.40. The van der Waals surface area contributed by atoms with Crippen LogP contribution in [0, 0.1) is 0 Å². The third-order valence-corrected chi connectivity index (χ3v) is 7.37. The molecule has 2 aliphatic rings. The fraction of sp³-hybridized carbons (Fsp3) is 0.500. The maximum absolute atomic E-state index is 12.7. The van der Waals surface area contributed by atoms with E-state index < -0.39 is 0 Å². The minimum absolute atomic E-state index is 0.0630. The van der Waals surface area contributed by atoms with Gasteiger partial charge in [0.15, 0.2) is 0 Å². The first-order valence-electron chi connectivity index (χ1n) is 7.50. The SMILES string of the molecule is C[C@H](NC(=O)[C@H]1CS[C@]2(C)CSCC(=O)N12)c1ccc(Cl)cc1. The molecule has 1 aromatic carbocycles. The Hall–Kier alpha value is -0.850. The molecule has 2 amide bonds. The summed E-state index contributed by atoms with van der Waals surface area (Å²) in [6, 6.07) is 6.94. The van der Waals surface area contributed by atoms with Crippen LogP contribution in [0.2, 0.25) is 5.02 Å². The smallest absolute Gasteiger partial charge is 0.244 e. The Balaban J connectivity index is 1.70. The van der Waals surface area contributed by atoms with E-state index in [0.717, 1.165) is 11.3 Å². The van der Waals surface area contributed by atoms with Gasteiger partial charge < -0.3 is 10.2 Å². The quantitative estimate of drug-likeness (QED) is 0.888. The molecule has 3 rings (SSSR count). The Kier molecular flexibility index (Phi) is 4.85. The molecule has 1 N–H and O–H groups in total. The van der Waals surface area contributed by atoms with Crippen molar-refractivity contribution < 1.29 is 9.59 Å². The minimum Gasteiger partial charge on any atom is -0.348 e. The van der Waals surface area contributed by atoms with Gasteiger partial charge in [-0.25, -0.2) is 0 Å². The number of carbonyl (C=O) groups excluding carboxylic acids is 2. The van der Waals surface area contributed by atoms with Crippen molar-refractivity contribution in [1.29, 1.82) is 0 Å². The van der Waals surface area contributed by atoms with Gasteiger partial charge in [0.1, 0.15) is 6.04 Å². The van der Waals surface area contributed by atoms with Gasteiger partial charge in [-0.1, -0.05) is 23.7 Å². The molecule has 0 unspecified atom stereocenters. The standard InChI is InChI=1S/C16H19ClN2O2S2/c1-10(11-3-5-12(17)6-4-11)18-15(21)13-7-23-16(2)9-22-8-14(20)19(13)16/h3-6,10,13H,7-9H2,1-2H3,(H,18,21)/t10-,13+,16+/m0/s1. The molecule has 0 bridgehead atoms. The fourth-order valence-corrected chi connectivity index (χ4v) is 5.84. The summed E-state index contributed by atoms with van der Waals surface area (Å²) < 4.78 is 0. The van der Waals surface area contributed by atoms with Crippen molar-refractivity contribution in [3.63, 3.8) is 0 Å². The normalized spacial score (nSPS) is 28.4. The van der Waals surface area contributed by atoms with Gasteiger partial charge in [-0.2, -0.15) is 0 Å². The predicted octanol–water partition coefficient (Wildman–Crippen LogP) is 2.92. The van der Waals surface area contributed by atoms with Crippen LogP contribution in [0.4, 0.5) is 0 Å². The summed E-state index contributed by atoms with van der Waals surface area (Å²) in [5.74, 6) is 1.98. The number of rotatable bonds is 3. The molecule has 0 aliphatic carbocycles. The molecule has 0 spiro atoms. The minimum atomic E-state index is -0.381. The monoisotopic (exact) mass is 370 g/mol. The van der Waals surface area contributed by atoms with E-state index in [0.29, 0.717) is 16.5 Å². The summed E-state index contributed by atoms with van der Waals surface area (Å²) in [6.45, 7) is 3.99. The van der Waals surface area contributed by atoms with Gasteiger partial charge in [-0.15, -0.1) is 23.5 Å². The van der Waals surface area contributed by atoms with Crippen molar-refractivity contribution in [2.75, 3.05) is 17.3 Å². The number of benzene rings is 1. The molecule has 4 nitrogen and oxygen atoms in total. The molecule has 0 aromatic heterocycles. The van der Waals surface area contributed by atoms with Crippen molar-refractivity contribution in [3.05, 3.63) is 34.9 Å². The van der Waals surface area contributed by atoms with Crippen LogP contribution < -0.4 is 5.32 Å². The van der Waals surface area contributed by atoms with Crippen molar-refractivity contribution in [2.45, 2.75) is 30.8 Å². The topological polar surface area (TPSA) is 49.4 Å². The molecule has 1 aromatic rings. The molecule has 23 heavy (non-hydrogen) atoms. The Bertz CT molecular complexity index is 625. The summed E-state index contributed by atoms with van der Waals surface area (Å²) in [5.41, 5.74) is 0.997. The van der Waals surface area contributed by atoms with Crippen LogP contribution in [0.15, 0.2) is 24.3 Å². The second kappa shape index (κ2) is 6.57. The summed E-state index contributed by atoms with van der Waals surface area (Å²) in [5, 5.41) is 3.71. The van der Waals surface area contributed by atoms with E-state index in [1.54, 1.807) is 28.4 Å². The highest BCUT2D eigenvalue weighted by molar-refractivity contribution is 8.04. The van der Waals surface area contributed by atoms with Gasteiger partial charge in [0.05, 0.1) is 16.7 Å². The van der Waals surface area contributed by atoms with E-state index >= 15 is 0 Å². The second-order valence-corrected chi connectivity index (χ2v) is 8.96. The van der Waals surface area contributed by atoms with Crippen LogP contribution in [0.25, 0.3) is 0 Å². The molecule has 2 saturated heterocycles. The number of amides is 2. The highest BCUT2D eigenvalue weighted by atomic mass is 35.5. The van der Waals surface area contributed by atoms with Crippen LogP contribution in [0.5, 0.6) is 0 Å². The number of nitrogens with zero attached hydrogens (tertiary/aromatic N) is 1. The van der Waals surface area contributed by atoms with Gasteiger partial charge in [0.2, 0.25) is 11.8 Å². The maximum Gasteiger partial charge on any atom is 0.244 e. The fourth-order valence-electron chi connectivity index (χ4n) is 3.02. The molecular formula is C16H19ClN2O2S2. The lowest BCUT2D eigenvalue weighted by atomic mass is 10.1. The number of carbonyl (C=O) groups is 2. The predicted molar refractivity (Wildman–Crippen MR) is 96.8 cm³/mol. The Morgan fingerprint density at radius 3 is 2.83 bits per heavy atom. The van der Waals surface area contributed by atoms with E-state index in [1.807, 2.05) is 31.2 Å². The van der Waals surface area contributed by atoms with E-state index in [9.17, 15) is 9.59 Å². The van der Waals surface area contributed by atoms with Crippen molar-refractivity contribution in [1.82, 2.24) is 10.2 Å². The van der Waals surface area contributed by atoms with Crippen molar-refractivity contribution >= 4 is 46.9 Å². The van der Waals surface area contributed by atoms with Gasteiger partial charge in [0.25, 0.3) is 0 Å². The third-order valence-electron chi connectivity index (χ3n) is 4.27. The number of fused-ring (bicyclic) bond motifs is 1. The van der Waals surface area contributed by atoms with E-state index in [4.69, 9.17) is 11.6 Å².